The Morgan fingerprint density at radius 2 is 1.69 bits per heavy atom. The van der Waals surface area contributed by atoms with Crippen molar-refractivity contribution in [2.24, 2.45) is 0 Å². The zero-order chi connectivity index (χ0) is 13.0. The lowest BCUT2D eigenvalue weighted by Gasteiger charge is -2.12. The van der Waals surface area contributed by atoms with Gasteiger partial charge in [0, 0.05) is 12.4 Å². The molecule has 0 radical (unpaired) electrons. The highest BCUT2D eigenvalue weighted by Crippen LogP contribution is 2.21. The molecule has 0 aromatic carbocycles. The van der Waals surface area contributed by atoms with Crippen molar-refractivity contribution >= 4 is 0 Å². The highest BCUT2D eigenvalue weighted by molar-refractivity contribution is 5.26. The van der Waals surface area contributed by atoms with E-state index >= 15 is 0 Å². The summed E-state index contributed by atoms with van der Waals surface area (Å²) in [6, 6.07) is 2.13. The molecule has 0 aliphatic heterocycles. The molecule has 0 N–H and O–H groups in total. The number of aryl methyl sites for hydroxylation is 1. The molecule has 0 bridgehead atoms. The molecule has 0 fully saturated rings. The summed E-state index contributed by atoms with van der Waals surface area (Å²) in [6.07, 6.45) is 6.19. The molecule has 1 aromatic rings. The quantitative estimate of drug-likeness (QED) is 0.685. The number of rotatable bonds is 3. The van der Waals surface area contributed by atoms with Crippen LogP contribution in [0, 0.1) is 0 Å². The zero-order valence-electron chi connectivity index (χ0n) is 12.2. The molecule has 1 nitrogen and oxygen atoms in total. The van der Waals surface area contributed by atoms with Crippen LogP contribution in [0.2, 0.25) is 0 Å². The molecular weight excluding hydrogens is 194 g/mol. The summed E-state index contributed by atoms with van der Waals surface area (Å²) in [5, 5.41) is 0. The van der Waals surface area contributed by atoms with Gasteiger partial charge in [-0.25, -0.2) is 0 Å². The fraction of sp³-hybridized carbons (Fsp3) is 0.667. The molecule has 0 spiro atoms. The lowest BCUT2D eigenvalue weighted by atomic mass is 9.95. The van der Waals surface area contributed by atoms with E-state index in [0.717, 1.165) is 6.42 Å². The van der Waals surface area contributed by atoms with E-state index in [4.69, 9.17) is 0 Å². The molecule has 1 heteroatoms. The molecule has 1 heterocycles. The lowest BCUT2D eigenvalue weighted by Crippen LogP contribution is -1.97. The summed E-state index contributed by atoms with van der Waals surface area (Å²) < 4.78 is 0. The van der Waals surface area contributed by atoms with E-state index in [-0.39, 0.29) is 0 Å². The van der Waals surface area contributed by atoms with E-state index < -0.39 is 0 Å². The molecule has 1 aromatic heterocycles. The van der Waals surface area contributed by atoms with Crippen LogP contribution in [0.25, 0.3) is 0 Å². The monoisotopic (exact) mass is 223 g/mol. The maximum atomic E-state index is 4.16. The van der Waals surface area contributed by atoms with Gasteiger partial charge in [-0.15, -0.1) is 0 Å². The second kappa shape index (κ2) is 12.2. The first kappa shape index (κ1) is 17.5. The predicted octanol–water partition coefficient (Wildman–Crippen LogP) is 5.21. The van der Waals surface area contributed by atoms with Crippen molar-refractivity contribution in [3.8, 4) is 0 Å². The van der Waals surface area contributed by atoms with Gasteiger partial charge in [0.2, 0.25) is 0 Å². The van der Waals surface area contributed by atoms with Crippen LogP contribution in [-0.4, -0.2) is 4.98 Å². The minimum absolute atomic E-state index is 0.647. The highest BCUT2D eigenvalue weighted by Gasteiger charge is 2.06. The van der Waals surface area contributed by atoms with Crippen LogP contribution in [0.4, 0.5) is 0 Å². The van der Waals surface area contributed by atoms with E-state index in [2.05, 4.69) is 31.8 Å². The van der Waals surface area contributed by atoms with Gasteiger partial charge in [-0.05, 0) is 36.0 Å². The Balaban J connectivity index is 0. The molecule has 1 unspecified atom stereocenters. The van der Waals surface area contributed by atoms with E-state index in [1.807, 2.05) is 40.1 Å². The highest BCUT2D eigenvalue weighted by atomic mass is 14.6. The van der Waals surface area contributed by atoms with Crippen molar-refractivity contribution in [2.45, 2.75) is 67.2 Å². The average Bonchev–Trinajstić information content (AvgIpc) is 2.42. The first-order valence-electron chi connectivity index (χ1n) is 6.72. The molecule has 0 saturated carbocycles. The molecular formula is C15H29N. The SMILES string of the molecule is CC.CC.CCc1ccncc1C(C)CC. The number of hydrogen-bond donors (Lipinski definition) is 0. The third-order valence-electron chi connectivity index (χ3n) is 2.47. The van der Waals surface area contributed by atoms with Crippen molar-refractivity contribution in [1.29, 1.82) is 0 Å². The topological polar surface area (TPSA) is 12.9 Å². The molecule has 0 amide bonds. The van der Waals surface area contributed by atoms with Crippen LogP contribution in [0.3, 0.4) is 0 Å². The van der Waals surface area contributed by atoms with Gasteiger partial charge in [0.25, 0.3) is 0 Å². The maximum Gasteiger partial charge on any atom is 0.0305 e. The van der Waals surface area contributed by atoms with Gasteiger partial charge in [0.15, 0.2) is 0 Å². The van der Waals surface area contributed by atoms with E-state index in [1.165, 1.54) is 17.5 Å². The van der Waals surface area contributed by atoms with Gasteiger partial charge in [-0.2, -0.15) is 0 Å². The molecule has 1 rings (SSSR count). The van der Waals surface area contributed by atoms with E-state index in [9.17, 15) is 0 Å². The molecule has 1 atom stereocenters. The first-order valence-corrected chi connectivity index (χ1v) is 6.72. The molecule has 94 valence electrons. The Morgan fingerprint density at radius 1 is 1.12 bits per heavy atom. The summed E-state index contributed by atoms with van der Waals surface area (Å²) >= 11 is 0. The summed E-state index contributed by atoms with van der Waals surface area (Å²) in [5.41, 5.74) is 2.86. The summed E-state index contributed by atoms with van der Waals surface area (Å²) in [7, 11) is 0. The van der Waals surface area contributed by atoms with Crippen molar-refractivity contribution in [1.82, 2.24) is 4.98 Å². The summed E-state index contributed by atoms with van der Waals surface area (Å²) in [6.45, 7) is 14.7. The van der Waals surface area contributed by atoms with Crippen LogP contribution in [0.5, 0.6) is 0 Å². The Kier molecular flexibility index (Phi) is 13.4. The zero-order valence-corrected chi connectivity index (χ0v) is 12.2. The third kappa shape index (κ3) is 5.89. The van der Waals surface area contributed by atoms with Crippen LogP contribution >= 0.6 is 0 Å². The van der Waals surface area contributed by atoms with Crippen molar-refractivity contribution in [3.63, 3.8) is 0 Å². The van der Waals surface area contributed by atoms with E-state index in [1.54, 1.807) is 0 Å². The van der Waals surface area contributed by atoms with Gasteiger partial charge in [-0.1, -0.05) is 48.5 Å². The average molecular weight is 223 g/mol. The van der Waals surface area contributed by atoms with Gasteiger partial charge in [0.05, 0.1) is 0 Å². The van der Waals surface area contributed by atoms with Crippen LogP contribution < -0.4 is 0 Å². The Bertz CT molecular complexity index is 243. The Labute approximate surface area is 102 Å². The van der Waals surface area contributed by atoms with Crippen molar-refractivity contribution in [2.75, 3.05) is 0 Å². The predicted molar refractivity (Wildman–Crippen MR) is 75.0 cm³/mol. The fourth-order valence-corrected chi connectivity index (χ4v) is 1.42. The number of pyridine rings is 1. The largest absolute Gasteiger partial charge is 0.264 e. The van der Waals surface area contributed by atoms with E-state index in [0.29, 0.717) is 5.92 Å². The van der Waals surface area contributed by atoms with Gasteiger partial charge < -0.3 is 0 Å². The summed E-state index contributed by atoms with van der Waals surface area (Å²) in [5.74, 6) is 0.647. The van der Waals surface area contributed by atoms with Crippen LogP contribution in [-0.2, 0) is 6.42 Å². The number of aromatic nitrogens is 1. The maximum absolute atomic E-state index is 4.16. The van der Waals surface area contributed by atoms with Crippen molar-refractivity contribution in [3.05, 3.63) is 29.6 Å². The Hall–Kier alpha value is -0.850. The second-order valence-corrected chi connectivity index (χ2v) is 3.24. The lowest BCUT2D eigenvalue weighted by molar-refractivity contribution is 0.719. The number of hydrogen-bond acceptors (Lipinski definition) is 1. The molecule has 0 saturated heterocycles. The minimum atomic E-state index is 0.647. The molecule has 16 heavy (non-hydrogen) atoms. The molecule has 0 aliphatic rings. The summed E-state index contributed by atoms with van der Waals surface area (Å²) in [4.78, 5) is 4.16. The smallest absolute Gasteiger partial charge is 0.0305 e. The third-order valence-corrected chi connectivity index (χ3v) is 2.47. The number of nitrogens with zero attached hydrogens (tertiary/aromatic N) is 1. The Morgan fingerprint density at radius 3 is 2.12 bits per heavy atom. The fourth-order valence-electron chi connectivity index (χ4n) is 1.42. The second-order valence-electron chi connectivity index (χ2n) is 3.24. The van der Waals surface area contributed by atoms with Gasteiger partial charge in [0.1, 0.15) is 0 Å². The van der Waals surface area contributed by atoms with Crippen LogP contribution in [0.15, 0.2) is 18.5 Å². The minimum Gasteiger partial charge on any atom is -0.264 e. The van der Waals surface area contributed by atoms with Crippen LogP contribution in [0.1, 0.15) is 71.9 Å². The normalized spacial score (nSPS) is 10.4. The standard InChI is InChI=1S/C11H17N.2C2H6/c1-4-9(3)11-8-12-7-6-10(11)5-2;2*1-2/h6-9H,4-5H2,1-3H3;2*1-2H3. The molecule has 0 aliphatic carbocycles. The van der Waals surface area contributed by atoms with Gasteiger partial charge >= 0.3 is 0 Å². The van der Waals surface area contributed by atoms with Crippen molar-refractivity contribution < 1.29 is 0 Å². The first-order chi connectivity index (χ1) is 7.79. The van der Waals surface area contributed by atoms with Gasteiger partial charge in [-0.3, -0.25) is 4.98 Å².